The van der Waals surface area contributed by atoms with Gasteiger partial charge in [0.25, 0.3) is 11.8 Å². The molecule has 0 unspecified atom stereocenters. The second-order valence-electron chi connectivity index (χ2n) is 10.3. The number of fused-ring (bicyclic) bond motifs is 1. The molecule has 0 saturated heterocycles. The summed E-state index contributed by atoms with van der Waals surface area (Å²) in [6, 6.07) is 1.46. The number of hydrogen-bond donors (Lipinski definition) is 5. The van der Waals surface area contributed by atoms with Gasteiger partial charge in [0.1, 0.15) is 23.5 Å². The molecule has 0 radical (unpaired) electrons. The molecule has 0 spiro atoms. The van der Waals surface area contributed by atoms with Crippen LogP contribution in [0.4, 0.5) is 16.3 Å². The Morgan fingerprint density at radius 1 is 1.13 bits per heavy atom. The molecule has 208 valence electrons. The predicted octanol–water partition coefficient (Wildman–Crippen LogP) is 1.01. The number of carbonyl (C=O) groups is 4. The first-order valence-electron chi connectivity index (χ1n) is 12.5. The molecule has 0 bridgehead atoms. The third-order valence-corrected chi connectivity index (χ3v) is 5.98. The molecule has 1 aliphatic rings. The first-order chi connectivity index (χ1) is 18.4. The Kier molecular flexibility index (Phi) is 7.69. The highest BCUT2D eigenvalue weighted by atomic mass is 16.6. The van der Waals surface area contributed by atoms with Crippen LogP contribution in [0.15, 0.2) is 24.7 Å². The van der Waals surface area contributed by atoms with Crippen molar-refractivity contribution < 1.29 is 23.9 Å². The van der Waals surface area contributed by atoms with Gasteiger partial charge in [0, 0.05) is 18.4 Å². The number of nitrogens with two attached hydrogens (primary N) is 2. The summed E-state index contributed by atoms with van der Waals surface area (Å²) in [5.41, 5.74) is 10.1. The number of ether oxygens (including phenoxy) is 1. The average Bonchev–Trinajstić information content (AvgIpc) is 3.42. The summed E-state index contributed by atoms with van der Waals surface area (Å²) in [6.07, 6.45) is 7.35. The van der Waals surface area contributed by atoms with Gasteiger partial charge in [-0.25, -0.2) is 14.3 Å². The fraction of sp³-hybridized carbons (Fsp3) is 0.458. The fourth-order valence-electron chi connectivity index (χ4n) is 4.36. The molecule has 0 aromatic carbocycles. The van der Waals surface area contributed by atoms with Gasteiger partial charge in [-0.3, -0.25) is 19.1 Å². The minimum atomic E-state index is -0.889. The minimum absolute atomic E-state index is 0.0145. The molecule has 39 heavy (non-hydrogen) atoms. The van der Waals surface area contributed by atoms with Crippen molar-refractivity contribution >= 4 is 41.0 Å². The summed E-state index contributed by atoms with van der Waals surface area (Å²) < 4.78 is 7.96. The van der Waals surface area contributed by atoms with E-state index in [1.165, 1.54) is 16.9 Å². The van der Waals surface area contributed by atoms with E-state index in [4.69, 9.17) is 16.2 Å². The highest BCUT2D eigenvalue weighted by molar-refractivity contribution is 6.10. The summed E-state index contributed by atoms with van der Waals surface area (Å²) >= 11 is 0. The number of primary amides is 2. The van der Waals surface area contributed by atoms with Crippen molar-refractivity contribution in [3.05, 3.63) is 35.9 Å². The number of anilines is 2. The van der Waals surface area contributed by atoms with E-state index in [0.29, 0.717) is 5.82 Å². The number of nitrogens with zero attached hydrogens (tertiary/aromatic N) is 5. The highest BCUT2D eigenvalue weighted by Gasteiger charge is 2.29. The normalized spacial score (nSPS) is 17.4. The van der Waals surface area contributed by atoms with Crippen LogP contribution in [0.3, 0.4) is 0 Å². The van der Waals surface area contributed by atoms with Crippen molar-refractivity contribution in [3.8, 4) is 0 Å². The number of amides is 4. The van der Waals surface area contributed by atoms with Crippen molar-refractivity contribution in [1.29, 1.82) is 0 Å². The molecule has 0 aliphatic heterocycles. The second-order valence-corrected chi connectivity index (χ2v) is 10.3. The number of alkyl carbamates (subject to hydrolysis) is 1. The van der Waals surface area contributed by atoms with Crippen molar-refractivity contribution in [2.24, 2.45) is 11.5 Å². The lowest BCUT2D eigenvalue weighted by Gasteiger charge is -2.33. The van der Waals surface area contributed by atoms with Crippen molar-refractivity contribution in [1.82, 2.24) is 29.7 Å². The van der Waals surface area contributed by atoms with Crippen LogP contribution in [0.2, 0.25) is 0 Å². The van der Waals surface area contributed by atoms with E-state index >= 15 is 0 Å². The molecule has 1 saturated carbocycles. The third kappa shape index (κ3) is 6.80. The van der Waals surface area contributed by atoms with E-state index < -0.39 is 29.4 Å². The quantitative estimate of drug-likeness (QED) is 0.275. The van der Waals surface area contributed by atoms with E-state index in [1.54, 1.807) is 12.3 Å². The molecule has 1 fully saturated rings. The Morgan fingerprint density at radius 3 is 2.51 bits per heavy atom. The summed E-state index contributed by atoms with van der Waals surface area (Å²) in [5, 5.41) is 17.0. The van der Waals surface area contributed by atoms with E-state index in [1.807, 2.05) is 20.8 Å². The molecule has 3 heterocycles. The van der Waals surface area contributed by atoms with Crippen molar-refractivity contribution in [2.45, 2.75) is 70.7 Å². The maximum atomic E-state index is 13.1. The Labute approximate surface area is 223 Å². The van der Waals surface area contributed by atoms with Gasteiger partial charge in [-0.15, -0.1) is 0 Å². The van der Waals surface area contributed by atoms with Gasteiger partial charge in [-0.2, -0.15) is 10.2 Å². The van der Waals surface area contributed by atoms with Crippen LogP contribution >= 0.6 is 0 Å². The van der Waals surface area contributed by atoms with Gasteiger partial charge < -0.3 is 32.2 Å². The molecule has 4 amide bonds. The molecular weight excluding hydrogens is 508 g/mol. The lowest BCUT2D eigenvalue weighted by Crippen LogP contribution is -2.49. The standard InChI is InChI=1S/C24H32N10O5/c1-24(2,3)39-23(38)30-15-7-5-4-6-14(15)28-18-8-9-34-21(31-18)13(10-27-34)22(37)29-16-11-33(12-17(25)35)32-19(16)20(26)36/h8-11,14-15H,4-7,12H2,1-3H3,(H2,25,35)(H2,26,36)(H,28,31)(H,29,37)(H,30,38)/t14-,15+/m1/s1. The Morgan fingerprint density at radius 2 is 1.85 bits per heavy atom. The first-order valence-corrected chi connectivity index (χ1v) is 12.5. The summed E-state index contributed by atoms with van der Waals surface area (Å²) in [7, 11) is 0. The van der Waals surface area contributed by atoms with Gasteiger partial charge in [0.15, 0.2) is 11.3 Å². The van der Waals surface area contributed by atoms with Crippen molar-refractivity contribution in [3.63, 3.8) is 0 Å². The Hall–Kier alpha value is -4.69. The van der Waals surface area contributed by atoms with Crippen LogP contribution in [0.1, 0.15) is 67.3 Å². The lowest BCUT2D eigenvalue weighted by atomic mass is 9.90. The molecule has 3 aromatic rings. The van der Waals surface area contributed by atoms with Gasteiger partial charge in [0.2, 0.25) is 5.91 Å². The summed E-state index contributed by atoms with van der Waals surface area (Å²) in [4.78, 5) is 53.1. The van der Waals surface area contributed by atoms with Gasteiger partial charge in [-0.05, 0) is 39.7 Å². The molecule has 4 rings (SSSR count). The molecular formula is C24H32N10O5. The van der Waals surface area contributed by atoms with Crippen LogP contribution in [0.25, 0.3) is 5.65 Å². The minimum Gasteiger partial charge on any atom is -0.444 e. The Balaban J connectivity index is 1.52. The molecule has 15 heteroatoms. The lowest BCUT2D eigenvalue weighted by molar-refractivity contribution is -0.118. The first kappa shape index (κ1) is 27.3. The number of aromatic nitrogens is 5. The molecule has 15 nitrogen and oxygen atoms in total. The van der Waals surface area contributed by atoms with Crippen LogP contribution in [-0.4, -0.2) is 65.9 Å². The van der Waals surface area contributed by atoms with Gasteiger partial charge in [0.05, 0.1) is 17.9 Å². The number of nitrogens with one attached hydrogen (secondary N) is 3. The third-order valence-electron chi connectivity index (χ3n) is 5.98. The summed E-state index contributed by atoms with van der Waals surface area (Å²) in [5.74, 6) is -1.69. The zero-order valence-electron chi connectivity index (χ0n) is 21.9. The topological polar surface area (TPSA) is 214 Å². The van der Waals surface area contributed by atoms with Gasteiger partial charge >= 0.3 is 6.09 Å². The van der Waals surface area contributed by atoms with Gasteiger partial charge in [-0.1, -0.05) is 12.8 Å². The predicted molar refractivity (Wildman–Crippen MR) is 140 cm³/mol. The van der Waals surface area contributed by atoms with E-state index in [-0.39, 0.29) is 41.2 Å². The van der Waals surface area contributed by atoms with E-state index in [2.05, 4.69) is 31.1 Å². The smallest absolute Gasteiger partial charge is 0.407 e. The SMILES string of the molecule is CC(C)(C)OC(=O)N[C@H]1CCCC[C@H]1Nc1ccn2ncc(C(=O)Nc3cn(CC(N)=O)nc3C(N)=O)c2n1. The average molecular weight is 541 g/mol. The number of rotatable bonds is 8. The zero-order chi connectivity index (χ0) is 28.3. The van der Waals surface area contributed by atoms with Crippen LogP contribution in [0, 0.1) is 0 Å². The maximum Gasteiger partial charge on any atom is 0.407 e. The van der Waals surface area contributed by atoms with E-state index in [0.717, 1.165) is 30.4 Å². The second kappa shape index (κ2) is 11.0. The number of carbonyl (C=O) groups excluding carboxylic acids is 4. The fourth-order valence-corrected chi connectivity index (χ4v) is 4.36. The molecule has 7 N–H and O–H groups in total. The molecule has 1 aliphatic carbocycles. The largest absolute Gasteiger partial charge is 0.444 e. The van der Waals surface area contributed by atoms with Crippen LogP contribution in [0.5, 0.6) is 0 Å². The highest BCUT2D eigenvalue weighted by Crippen LogP contribution is 2.23. The van der Waals surface area contributed by atoms with Crippen LogP contribution in [-0.2, 0) is 16.1 Å². The maximum absolute atomic E-state index is 13.1. The molecule has 2 atom stereocenters. The van der Waals surface area contributed by atoms with E-state index in [9.17, 15) is 19.2 Å². The number of hydrogen-bond acceptors (Lipinski definition) is 9. The molecule has 3 aromatic heterocycles. The monoisotopic (exact) mass is 540 g/mol. The van der Waals surface area contributed by atoms with Crippen LogP contribution < -0.4 is 27.4 Å². The Bertz CT molecular complexity index is 1410. The zero-order valence-corrected chi connectivity index (χ0v) is 21.9. The summed E-state index contributed by atoms with van der Waals surface area (Å²) in [6.45, 7) is 5.13. The van der Waals surface area contributed by atoms with Crippen molar-refractivity contribution in [2.75, 3.05) is 10.6 Å².